The van der Waals surface area contributed by atoms with Gasteiger partial charge in [-0.2, -0.15) is 0 Å². The summed E-state index contributed by atoms with van der Waals surface area (Å²) in [5.41, 5.74) is 0.258. The lowest BCUT2D eigenvalue weighted by molar-refractivity contribution is -0.135. The van der Waals surface area contributed by atoms with Crippen molar-refractivity contribution in [2.45, 2.75) is 8.67 Å². The molecular weight excluding hydrogens is 341 g/mol. The highest BCUT2D eigenvalue weighted by Gasteiger charge is 2.59. The van der Waals surface area contributed by atoms with Gasteiger partial charge in [0.2, 0.25) is 0 Å². The number of cyclic esters (lactones) is 1. The Labute approximate surface area is 121 Å². The van der Waals surface area contributed by atoms with Gasteiger partial charge < -0.3 is 4.74 Å². The summed E-state index contributed by atoms with van der Waals surface area (Å²) in [5, 5.41) is -0.277. The lowest BCUT2D eigenvalue weighted by Crippen LogP contribution is -2.42. The van der Waals surface area contributed by atoms with Crippen molar-refractivity contribution in [1.82, 2.24) is 0 Å². The van der Waals surface area contributed by atoms with E-state index in [2.05, 4.69) is 0 Å². The SMILES string of the molecule is O=C1OCC2=C1C(Cl)=C(Cl)C(Cl)(Cl)C2(Cl)Cl. The molecule has 0 amide bonds. The molecule has 16 heavy (non-hydrogen) atoms. The number of esters is 1. The molecule has 0 aromatic carbocycles. The Morgan fingerprint density at radius 3 is 2.19 bits per heavy atom. The molecule has 8 heteroatoms. The van der Waals surface area contributed by atoms with Crippen molar-refractivity contribution in [3.05, 3.63) is 21.2 Å². The smallest absolute Gasteiger partial charge is 0.340 e. The van der Waals surface area contributed by atoms with E-state index in [0.717, 1.165) is 0 Å². The molecule has 0 atom stereocenters. The number of rotatable bonds is 0. The van der Waals surface area contributed by atoms with Crippen LogP contribution in [0.4, 0.5) is 0 Å². The number of hydrogen-bond acceptors (Lipinski definition) is 2. The van der Waals surface area contributed by atoms with Crippen molar-refractivity contribution in [1.29, 1.82) is 0 Å². The van der Waals surface area contributed by atoms with Crippen molar-refractivity contribution in [3.8, 4) is 0 Å². The number of hydrogen-bond donors (Lipinski definition) is 0. The first-order valence-electron chi connectivity index (χ1n) is 3.93. The summed E-state index contributed by atoms with van der Waals surface area (Å²) in [6, 6.07) is 0. The van der Waals surface area contributed by atoms with E-state index in [9.17, 15) is 4.79 Å². The van der Waals surface area contributed by atoms with Gasteiger partial charge in [0.1, 0.15) is 6.61 Å². The Hall–Kier alpha value is 0.690. The largest absolute Gasteiger partial charge is 0.457 e. The first-order chi connectivity index (χ1) is 7.21. The van der Waals surface area contributed by atoms with Gasteiger partial charge in [-0.25, -0.2) is 4.79 Å². The summed E-state index contributed by atoms with van der Waals surface area (Å²) in [5.74, 6) is -0.646. The molecule has 0 saturated heterocycles. The molecule has 0 bridgehead atoms. The highest BCUT2D eigenvalue weighted by atomic mass is 35.5. The van der Waals surface area contributed by atoms with Gasteiger partial charge in [-0.1, -0.05) is 69.6 Å². The topological polar surface area (TPSA) is 26.3 Å². The van der Waals surface area contributed by atoms with Gasteiger partial charge in [0.15, 0.2) is 8.67 Å². The molecule has 1 aliphatic heterocycles. The molecule has 0 aromatic heterocycles. The Morgan fingerprint density at radius 1 is 1.06 bits per heavy atom. The van der Waals surface area contributed by atoms with Gasteiger partial charge in [0, 0.05) is 5.57 Å². The molecule has 2 aliphatic rings. The minimum atomic E-state index is -1.82. The highest BCUT2D eigenvalue weighted by molar-refractivity contribution is 6.69. The maximum Gasteiger partial charge on any atom is 0.340 e. The van der Waals surface area contributed by atoms with E-state index in [4.69, 9.17) is 74.3 Å². The number of halogens is 6. The summed E-state index contributed by atoms with van der Waals surface area (Å²) >= 11 is 35.7. The Kier molecular flexibility index (Phi) is 3.15. The van der Waals surface area contributed by atoms with Crippen molar-refractivity contribution in [3.63, 3.8) is 0 Å². The van der Waals surface area contributed by atoms with E-state index in [1.165, 1.54) is 0 Å². The third kappa shape index (κ3) is 1.51. The molecule has 0 N–H and O–H groups in total. The fourth-order valence-corrected chi connectivity index (χ4v) is 3.12. The Balaban J connectivity index is 2.72. The Morgan fingerprint density at radius 2 is 1.62 bits per heavy atom. The third-order valence-electron chi connectivity index (χ3n) is 2.31. The van der Waals surface area contributed by atoms with Crippen LogP contribution in [0.25, 0.3) is 0 Å². The minimum Gasteiger partial charge on any atom is -0.457 e. The molecular formula is C8H2Cl6O2. The van der Waals surface area contributed by atoms with E-state index >= 15 is 0 Å². The first-order valence-corrected chi connectivity index (χ1v) is 6.20. The number of carbonyl (C=O) groups is 1. The van der Waals surface area contributed by atoms with Crippen molar-refractivity contribution in [2.75, 3.05) is 6.61 Å². The van der Waals surface area contributed by atoms with Crippen LogP contribution in [0.2, 0.25) is 0 Å². The van der Waals surface area contributed by atoms with Gasteiger partial charge in [0.05, 0.1) is 15.6 Å². The van der Waals surface area contributed by atoms with Gasteiger partial charge in [-0.15, -0.1) is 0 Å². The molecule has 88 valence electrons. The average molecular weight is 343 g/mol. The van der Waals surface area contributed by atoms with Crippen LogP contribution in [0.3, 0.4) is 0 Å². The maximum absolute atomic E-state index is 11.4. The minimum absolute atomic E-state index is 0.0357. The third-order valence-corrected chi connectivity index (χ3v) is 5.81. The summed E-state index contributed by atoms with van der Waals surface area (Å²) in [6.07, 6.45) is 0. The molecule has 0 radical (unpaired) electrons. The molecule has 1 aliphatic carbocycles. The fraction of sp³-hybridized carbons (Fsp3) is 0.375. The second-order valence-electron chi connectivity index (χ2n) is 3.21. The predicted octanol–water partition coefficient (Wildman–Crippen LogP) is 3.89. The van der Waals surface area contributed by atoms with E-state index in [1.807, 2.05) is 0 Å². The van der Waals surface area contributed by atoms with Gasteiger partial charge in [-0.3, -0.25) is 0 Å². The zero-order valence-electron chi connectivity index (χ0n) is 7.29. The van der Waals surface area contributed by atoms with Gasteiger partial charge in [0.25, 0.3) is 0 Å². The molecule has 0 spiro atoms. The van der Waals surface area contributed by atoms with Crippen LogP contribution in [0, 0.1) is 0 Å². The Bertz CT molecular complexity index is 447. The number of carbonyl (C=O) groups excluding carboxylic acids is 1. The van der Waals surface area contributed by atoms with E-state index < -0.39 is 14.6 Å². The van der Waals surface area contributed by atoms with E-state index in [-0.39, 0.29) is 27.8 Å². The number of ether oxygens (including phenoxy) is 1. The maximum atomic E-state index is 11.4. The highest BCUT2D eigenvalue weighted by Crippen LogP contribution is 2.59. The summed E-state index contributed by atoms with van der Waals surface area (Å²) in [6.45, 7) is -0.108. The second kappa shape index (κ2) is 3.84. The fourth-order valence-electron chi connectivity index (χ4n) is 1.45. The van der Waals surface area contributed by atoms with Crippen LogP contribution in [0.1, 0.15) is 0 Å². The van der Waals surface area contributed by atoms with Crippen molar-refractivity contribution >= 4 is 75.6 Å². The van der Waals surface area contributed by atoms with Crippen LogP contribution in [-0.2, 0) is 9.53 Å². The summed E-state index contributed by atoms with van der Waals surface area (Å²) in [7, 11) is 0. The lowest BCUT2D eigenvalue weighted by atomic mass is 9.97. The van der Waals surface area contributed by atoms with Crippen LogP contribution >= 0.6 is 69.6 Å². The average Bonchev–Trinajstić information content (AvgIpc) is 2.56. The lowest BCUT2D eigenvalue weighted by Gasteiger charge is -2.36. The zero-order chi connectivity index (χ0) is 12.3. The summed E-state index contributed by atoms with van der Waals surface area (Å²) < 4.78 is 1.20. The number of alkyl halides is 4. The number of allylic oxidation sites excluding steroid dienone is 1. The molecule has 2 rings (SSSR count). The van der Waals surface area contributed by atoms with Crippen LogP contribution in [0.5, 0.6) is 0 Å². The zero-order valence-corrected chi connectivity index (χ0v) is 11.8. The predicted molar refractivity (Wildman–Crippen MR) is 65.6 cm³/mol. The van der Waals surface area contributed by atoms with E-state index in [0.29, 0.717) is 0 Å². The quantitative estimate of drug-likeness (QED) is 0.493. The standard InChI is InChI=1S/C8H2Cl6O2/c9-4-3-2(1-16-6(3)15)7(11,12)8(13,14)5(4)10/h1H2. The molecule has 0 fully saturated rings. The molecule has 0 saturated carbocycles. The molecule has 1 heterocycles. The van der Waals surface area contributed by atoms with Crippen LogP contribution < -0.4 is 0 Å². The van der Waals surface area contributed by atoms with Crippen LogP contribution in [0.15, 0.2) is 21.2 Å². The van der Waals surface area contributed by atoms with Crippen LogP contribution in [-0.4, -0.2) is 21.2 Å². The molecule has 0 unspecified atom stereocenters. The second-order valence-corrected chi connectivity index (χ2v) is 6.62. The molecule has 2 nitrogen and oxygen atoms in total. The van der Waals surface area contributed by atoms with Gasteiger partial charge >= 0.3 is 5.97 Å². The van der Waals surface area contributed by atoms with E-state index in [1.54, 1.807) is 0 Å². The normalized spacial score (nSPS) is 27.0. The first kappa shape index (κ1) is 13.1. The van der Waals surface area contributed by atoms with Crippen molar-refractivity contribution < 1.29 is 9.53 Å². The van der Waals surface area contributed by atoms with Crippen molar-refractivity contribution in [2.24, 2.45) is 0 Å². The summed E-state index contributed by atoms with van der Waals surface area (Å²) in [4.78, 5) is 11.4. The van der Waals surface area contributed by atoms with Gasteiger partial charge in [-0.05, 0) is 0 Å². The monoisotopic (exact) mass is 340 g/mol. The molecule has 0 aromatic rings.